The molecule has 0 saturated heterocycles. The molecule has 4 rings (SSSR count). The lowest BCUT2D eigenvalue weighted by atomic mass is 10.3. The Kier molecular flexibility index (Phi) is 5.29. The zero-order chi connectivity index (χ0) is 20.5. The number of hydrogen-bond acceptors (Lipinski definition) is 4. The lowest BCUT2D eigenvalue weighted by Gasteiger charge is -1.95. The SMILES string of the molecule is CCn1c(=O)/c(=C/N=c2ccccn2C)s/c1=C\c1sc2ccc(F)cc2[n+]1C. The highest BCUT2D eigenvalue weighted by Gasteiger charge is 2.16. The minimum absolute atomic E-state index is 0.0547. The number of thiazole rings is 2. The fourth-order valence-corrected chi connectivity index (χ4v) is 5.24. The van der Waals surface area contributed by atoms with Crippen LogP contribution in [0.3, 0.4) is 0 Å². The first-order valence-corrected chi connectivity index (χ1v) is 10.8. The molecule has 0 aliphatic rings. The Morgan fingerprint density at radius 3 is 2.83 bits per heavy atom. The van der Waals surface area contributed by atoms with Crippen molar-refractivity contribution < 1.29 is 8.96 Å². The number of aryl methyl sites for hydroxylation is 2. The number of hydrogen-bond donors (Lipinski definition) is 0. The molecule has 0 atom stereocenters. The molecule has 3 aromatic heterocycles. The summed E-state index contributed by atoms with van der Waals surface area (Å²) >= 11 is 2.98. The summed E-state index contributed by atoms with van der Waals surface area (Å²) in [5, 5.41) is 0.951. The van der Waals surface area contributed by atoms with Crippen LogP contribution in [0.1, 0.15) is 11.9 Å². The van der Waals surface area contributed by atoms with Gasteiger partial charge in [-0.3, -0.25) is 9.36 Å². The van der Waals surface area contributed by atoms with Crippen molar-refractivity contribution in [3.8, 4) is 0 Å². The van der Waals surface area contributed by atoms with Crippen LogP contribution in [0.5, 0.6) is 0 Å². The number of nitrogens with zero attached hydrogens (tertiary/aromatic N) is 4. The minimum Gasteiger partial charge on any atom is -0.336 e. The van der Waals surface area contributed by atoms with Gasteiger partial charge >= 0.3 is 0 Å². The van der Waals surface area contributed by atoms with E-state index in [0.717, 1.165) is 25.4 Å². The van der Waals surface area contributed by atoms with Crippen molar-refractivity contribution in [3.05, 3.63) is 78.5 Å². The molecule has 8 heteroatoms. The third-order valence-corrected chi connectivity index (χ3v) is 6.88. The van der Waals surface area contributed by atoms with E-state index in [2.05, 4.69) is 4.99 Å². The topological polar surface area (TPSA) is 43.2 Å². The van der Waals surface area contributed by atoms with E-state index in [0.29, 0.717) is 11.1 Å². The molecule has 0 radical (unpaired) electrons. The summed E-state index contributed by atoms with van der Waals surface area (Å²) in [5.41, 5.74) is 1.55. The molecule has 0 bridgehead atoms. The van der Waals surface area contributed by atoms with Crippen LogP contribution in [0.25, 0.3) is 22.5 Å². The molecule has 29 heavy (non-hydrogen) atoms. The van der Waals surface area contributed by atoms with Crippen LogP contribution in [0.4, 0.5) is 4.39 Å². The molecule has 4 aromatic rings. The molecule has 1 aromatic carbocycles. The van der Waals surface area contributed by atoms with Crippen LogP contribution in [0.15, 0.2) is 52.4 Å². The lowest BCUT2D eigenvalue weighted by molar-refractivity contribution is -0.642. The fraction of sp³-hybridized carbons (Fsp3) is 0.190. The predicted molar refractivity (Wildman–Crippen MR) is 115 cm³/mol. The summed E-state index contributed by atoms with van der Waals surface area (Å²) in [6, 6.07) is 10.5. The van der Waals surface area contributed by atoms with E-state index in [1.54, 1.807) is 28.2 Å². The molecule has 3 heterocycles. The molecule has 0 saturated carbocycles. The van der Waals surface area contributed by atoms with Crippen molar-refractivity contribution >= 4 is 45.2 Å². The molecule has 0 spiro atoms. The Hall–Kier alpha value is -2.84. The fourth-order valence-electron chi connectivity index (χ4n) is 3.08. The highest BCUT2D eigenvalue weighted by atomic mass is 32.1. The van der Waals surface area contributed by atoms with Gasteiger partial charge in [0.25, 0.3) is 10.6 Å². The van der Waals surface area contributed by atoms with E-state index in [9.17, 15) is 9.18 Å². The number of fused-ring (bicyclic) bond motifs is 1. The summed E-state index contributed by atoms with van der Waals surface area (Å²) in [7, 11) is 3.82. The van der Waals surface area contributed by atoms with Gasteiger partial charge in [-0.15, -0.1) is 11.3 Å². The van der Waals surface area contributed by atoms with Crippen LogP contribution in [-0.4, -0.2) is 9.13 Å². The Morgan fingerprint density at radius 2 is 2.07 bits per heavy atom. The molecule has 0 unspecified atom stereocenters. The monoisotopic (exact) mass is 427 g/mol. The van der Waals surface area contributed by atoms with Gasteiger partial charge in [0, 0.05) is 25.9 Å². The molecular weight excluding hydrogens is 407 g/mol. The van der Waals surface area contributed by atoms with E-state index in [1.165, 1.54) is 23.5 Å². The van der Waals surface area contributed by atoms with Gasteiger partial charge < -0.3 is 4.57 Å². The Balaban J connectivity index is 1.90. The normalized spacial score (nSPS) is 13.7. The molecule has 0 aliphatic heterocycles. The van der Waals surface area contributed by atoms with Gasteiger partial charge in [-0.25, -0.2) is 9.38 Å². The summed E-state index contributed by atoms with van der Waals surface area (Å²) < 4.78 is 21.6. The molecule has 0 amide bonds. The highest BCUT2D eigenvalue weighted by Crippen LogP contribution is 2.21. The smallest absolute Gasteiger partial charge is 0.270 e. The summed E-state index contributed by atoms with van der Waals surface area (Å²) in [6.45, 7) is 2.52. The van der Waals surface area contributed by atoms with Gasteiger partial charge in [0.15, 0.2) is 0 Å². The van der Waals surface area contributed by atoms with Crippen molar-refractivity contribution in [2.24, 2.45) is 19.1 Å². The van der Waals surface area contributed by atoms with Gasteiger partial charge in [0.1, 0.15) is 32.2 Å². The van der Waals surface area contributed by atoms with Crippen LogP contribution in [-0.2, 0) is 20.6 Å². The van der Waals surface area contributed by atoms with Crippen molar-refractivity contribution in [2.45, 2.75) is 13.5 Å². The van der Waals surface area contributed by atoms with E-state index in [4.69, 9.17) is 0 Å². The molecular formula is C21H20FN4OS2+. The second-order valence-electron chi connectivity index (χ2n) is 6.54. The van der Waals surface area contributed by atoms with Crippen molar-refractivity contribution in [1.29, 1.82) is 0 Å². The number of aromatic nitrogens is 3. The van der Waals surface area contributed by atoms with E-state index in [-0.39, 0.29) is 11.4 Å². The van der Waals surface area contributed by atoms with Crippen LogP contribution < -0.4 is 24.8 Å². The third-order valence-electron chi connectivity index (χ3n) is 4.67. The number of benzene rings is 1. The lowest BCUT2D eigenvalue weighted by Crippen LogP contribution is -2.32. The van der Waals surface area contributed by atoms with Crippen molar-refractivity contribution in [2.75, 3.05) is 0 Å². The van der Waals surface area contributed by atoms with E-state index in [1.807, 2.05) is 60.6 Å². The average Bonchev–Trinajstić information content (AvgIpc) is 3.18. The standard InChI is InChI=1S/C21H20FN4OS2/c1-4-26-20(12-19-25(3)15-11-14(22)8-9-16(15)28-19)29-17(21(26)27)13-23-18-7-5-6-10-24(18)2/h5-13H,4H2,1-3H3/q+1/b17-13-,23-18?. The Morgan fingerprint density at radius 1 is 1.24 bits per heavy atom. The summed E-state index contributed by atoms with van der Waals surface area (Å²) in [5.74, 6) is -0.258. The van der Waals surface area contributed by atoms with Crippen LogP contribution in [0.2, 0.25) is 0 Å². The largest absolute Gasteiger partial charge is 0.336 e. The zero-order valence-corrected chi connectivity index (χ0v) is 17.9. The van der Waals surface area contributed by atoms with Crippen LogP contribution >= 0.6 is 22.7 Å². The Bertz CT molecular complexity index is 1460. The maximum Gasteiger partial charge on any atom is 0.270 e. The molecule has 148 valence electrons. The average molecular weight is 428 g/mol. The van der Waals surface area contributed by atoms with Gasteiger partial charge in [0.05, 0.1) is 12.3 Å². The molecule has 0 aliphatic carbocycles. The first-order chi connectivity index (χ1) is 14.0. The summed E-state index contributed by atoms with van der Waals surface area (Å²) in [6.07, 6.45) is 5.53. The molecule has 5 nitrogen and oxygen atoms in total. The number of halogens is 1. The second kappa shape index (κ2) is 7.88. The number of rotatable bonds is 3. The molecule has 0 fully saturated rings. The van der Waals surface area contributed by atoms with Crippen molar-refractivity contribution in [3.63, 3.8) is 0 Å². The quantitative estimate of drug-likeness (QED) is 0.458. The maximum atomic E-state index is 13.6. The van der Waals surface area contributed by atoms with Gasteiger partial charge in [-0.1, -0.05) is 17.4 Å². The van der Waals surface area contributed by atoms with Gasteiger partial charge in [0.2, 0.25) is 5.52 Å². The predicted octanol–water partition coefficient (Wildman–Crippen LogP) is 1.61. The van der Waals surface area contributed by atoms with E-state index < -0.39 is 0 Å². The maximum absolute atomic E-state index is 13.6. The van der Waals surface area contributed by atoms with E-state index >= 15 is 0 Å². The first kappa shape index (κ1) is 19.5. The first-order valence-electron chi connectivity index (χ1n) is 9.13. The third kappa shape index (κ3) is 3.73. The van der Waals surface area contributed by atoms with Crippen molar-refractivity contribution in [1.82, 2.24) is 9.13 Å². The Labute approximate surface area is 174 Å². The van der Waals surface area contributed by atoms with Gasteiger partial charge in [-0.2, -0.15) is 4.57 Å². The van der Waals surface area contributed by atoms with Gasteiger partial charge in [-0.05, 0) is 31.2 Å². The molecule has 0 N–H and O–H groups in total. The van der Waals surface area contributed by atoms with Crippen LogP contribution in [0, 0.1) is 5.82 Å². The second-order valence-corrected chi connectivity index (χ2v) is 8.66. The summed E-state index contributed by atoms with van der Waals surface area (Å²) in [4.78, 5) is 17.3. The zero-order valence-electron chi connectivity index (χ0n) is 16.3. The number of pyridine rings is 1. The minimum atomic E-state index is -0.258. The highest BCUT2D eigenvalue weighted by molar-refractivity contribution is 7.19.